The van der Waals surface area contributed by atoms with Crippen molar-refractivity contribution in [1.29, 1.82) is 0 Å². The zero-order chi connectivity index (χ0) is 24.9. The number of carbonyl (C=O) groups excluding carboxylic acids is 2. The number of nitrogens with one attached hydrogen (secondary N) is 2. The molecule has 34 heavy (non-hydrogen) atoms. The third-order valence-corrected chi connectivity index (χ3v) is 5.32. The number of carbonyl (C=O) groups is 2. The summed E-state index contributed by atoms with van der Waals surface area (Å²) in [6.45, 7) is 6.32. The molecule has 3 aromatic carbocycles. The van der Waals surface area contributed by atoms with Gasteiger partial charge in [-0.05, 0) is 53.4 Å². The van der Waals surface area contributed by atoms with Crippen molar-refractivity contribution in [3.8, 4) is 0 Å². The van der Waals surface area contributed by atoms with Crippen LogP contribution in [0.15, 0.2) is 71.8 Å². The Labute approximate surface area is 201 Å². The van der Waals surface area contributed by atoms with Crippen LogP contribution in [-0.2, 0) is 5.41 Å². The monoisotopic (exact) mass is 478 g/mol. The number of non-ortho nitro benzene ring substituents is 1. The number of benzene rings is 3. The van der Waals surface area contributed by atoms with Gasteiger partial charge >= 0.3 is 0 Å². The van der Waals surface area contributed by atoms with E-state index >= 15 is 0 Å². The molecule has 9 heteroatoms. The summed E-state index contributed by atoms with van der Waals surface area (Å²) < 4.78 is 0. The molecule has 0 aliphatic carbocycles. The van der Waals surface area contributed by atoms with Crippen molar-refractivity contribution in [2.24, 2.45) is 5.10 Å². The van der Waals surface area contributed by atoms with Crippen LogP contribution in [0.4, 0.5) is 11.4 Å². The second kappa shape index (κ2) is 10.3. The number of nitro groups is 1. The van der Waals surface area contributed by atoms with Gasteiger partial charge in [0.1, 0.15) is 0 Å². The third kappa shape index (κ3) is 6.26. The summed E-state index contributed by atoms with van der Waals surface area (Å²) in [6, 6.07) is 17.7. The number of rotatable bonds is 6. The molecule has 8 nitrogen and oxygen atoms in total. The van der Waals surface area contributed by atoms with E-state index in [9.17, 15) is 19.7 Å². The maximum absolute atomic E-state index is 12.5. The summed E-state index contributed by atoms with van der Waals surface area (Å²) >= 11 is 6.00. The van der Waals surface area contributed by atoms with Gasteiger partial charge in [-0.1, -0.05) is 44.5 Å². The van der Waals surface area contributed by atoms with Crippen LogP contribution in [0.25, 0.3) is 0 Å². The fourth-order valence-corrected chi connectivity index (χ4v) is 3.16. The highest BCUT2D eigenvalue weighted by molar-refractivity contribution is 6.33. The number of halogens is 1. The quantitative estimate of drug-likeness (QED) is 0.274. The maximum atomic E-state index is 12.5. The van der Waals surface area contributed by atoms with E-state index in [0.29, 0.717) is 22.4 Å². The molecule has 3 aromatic rings. The largest absolute Gasteiger partial charge is 0.322 e. The number of nitro benzene ring substituents is 1. The van der Waals surface area contributed by atoms with Crippen molar-refractivity contribution < 1.29 is 14.5 Å². The number of anilines is 1. The first-order valence-corrected chi connectivity index (χ1v) is 10.7. The Hall–Kier alpha value is -4.04. The lowest BCUT2D eigenvalue weighted by molar-refractivity contribution is -0.384. The van der Waals surface area contributed by atoms with Crippen molar-refractivity contribution in [1.82, 2.24) is 5.43 Å². The summed E-state index contributed by atoms with van der Waals surface area (Å²) in [6.07, 6.45) is 1.23. The van der Waals surface area contributed by atoms with Crippen molar-refractivity contribution in [3.05, 3.63) is 104 Å². The van der Waals surface area contributed by atoms with Crippen LogP contribution < -0.4 is 10.7 Å². The van der Waals surface area contributed by atoms with E-state index in [1.54, 1.807) is 36.4 Å². The van der Waals surface area contributed by atoms with E-state index in [1.807, 2.05) is 12.1 Å². The van der Waals surface area contributed by atoms with Gasteiger partial charge in [-0.15, -0.1) is 0 Å². The topological polar surface area (TPSA) is 114 Å². The summed E-state index contributed by atoms with van der Waals surface area (Å²) in [5.74, 6) is -0.746. The van der Waals surface area contributed by atoms with Crippen molar-refractivity contribution in [2.75, 3.05) is 5.32 Å². The van der Waals surface area contributed by atoms with Crippen LogP contribution in [0.3, 0.4) is 0 Å². The van der Waals surface area contributed by atoms with Crippen molar-refractivity contribution in [2.45, 2.75) is 26.2 Å². The lowest BCUT2D eigenvalue weighted by Gasteiger charge is -2.19. The molecule has 2 N–H and O–H groups in total. The highest BCUT2D eigenvalue weighted by Gasteiger charge is 2.14. The van der Waals surface area contributed by atoms with Crippen LogP contribution >= 0.6 is 11.6 Å². The van der Waals surface area contributed by atoms with Gasteiger partial charge in [0, 0.05) is 39.5 Å². The van der Waals surface area contributed by atoms with E-state index in [0.717, 1.165) is 5.56 Å². The molecule has 2 amide bonds. The third-order valence-electron chi connectivity index (χ3n) is 4.98. The van der Waals surface area contributed by atoms with Crippen LogP contribution in [0.1, 0.15) is 52.6 Å². The normalized spacial score (nSPS) is 11.3. The first-order valence-electron chi connectivity index (χ1n) is 10.3. The Morgan fingerprint density at radius 2 is 1.53 bits per heavy atom. The minimum atomic E-state index is -0.548. The van der Waals surface area contributed by atoms with Gasteiger partial charge < -0.3 is 5.32 Å². The highest BCUT2D eigenvalue weighted by atomic mass is 35.5. The van der Waals surface area contributed by atoms with E-state index in [4.69, 9.17) is 11.6 Å². The minimum Gasteiger partial charge on any atom is -0.322 e. The minimum absolute atomic E-state index is 0.000770. The van der Waals surface area contributed by atoms with Gasteiger partial charge in [0.15, 0.2) is 0 Å². The van der Waals surface area contributed by atoms with Gasteiger partial charge in [0.25, 0.3) is 17.5 Å². The van der Waals surface area contributed by atoms with Gasteiger partial charge in [0.2, 0.25) is 0 Å². The number of hydrogen-bond acceptors (Lipinski definition) is 5. The molecule has 0 bridgehead atoms. The van der Waals surface area contributed by atoms with Gasteiger partial charge in [-0.2, -0.15) is 5.10 Å². The molecule has 0 heterocycles. The number of hydrogen-bond donors (Lipinski definition) is 2. The summed E-state index contributed by atoms with van der Waals surface area (Å²) in [7, 11) is 0. The molecular weight excluding hydrogens is 456 g/mol. The second-order valence-corrected chi connectivity index (χ2v) is 8.93. The van der Waals surface area contributed by atoms with Crippen molar-refractivity contribution in [3.63, 3.8) is 0 Å². The molecule has 0 saturated carbocycles. The fraction of sp³-hybridized carbons (Fsp3) is 0.160. The predicted octanol–water partition coefficient (Wildman–Crippen LogP) is 5.56. The molecule has 0 saturated heterocycles. The standard InChI is InChI=1S/C25H23ClN4O4/c1-25(2,3)19-8-4-16(5-9-19)23(31)28-20-10-6-17(7-11-20)24(32)29-27-15-18-14-21(30(33)34)12-13-22(18)26/h4-15H,1-3H3,(H,28,31)(H,29,32)/b27-15+. The average molecular weight is 479 g/mol. The Morgan fingerprint density at radius 1 is 0.941 bits per heavy atom. The molecule has 0 unspecified atom stereocenters. The molecule has 0 fully saturated rings. The zero-order valence-electron chi connectivity index (χ0n) is 18.8. The van der Waals surface area contributed by atoms with Crippen LogP contribution in [0.5, 0.6) is 0 Å². The van der Waals surface area contributed by atoms with E-state index in [-0.39, 0.29) is 22.0 Å². The first-order chi connectivity index (χ1) is 16.0. The lowest BCUT2D eigenvalue weighted by Crippen LogP contribution is -2.18. The number of hydrazone groups is 1. The Morgan fingerprint density at radius 3 is 2.12 bits per heavy atom. The van der Waals surface area contributed by atoms with E-state index in [2.05, 4.69) is 36.6 Å². The predicted molar refractivity (Wildman–Crippen MR) is 133 cm³/mol. The molecule has 0 radical (unpaired) electrons. The Kier molecular flexibility index (Phi) is 7.43. The smallest absolute Gasteiger partial charge is 0.271 e. The Bertz CT molecular complexity index is 1250. The van der Waals surface area contributed by atoms with Crippen LogP contribution in [0, 0.1) is 10.1 Å². The number of amides is 2. The van der Waals surface area contributed by atoms with Crippen LogP contribution in [-0.4, -0.2) is 23.0 Å². The van der Waals surface area contributed by atoms with Crippen molar-refractivity contribution >= 4 is 41.0 Å². The van der Waals surface area contributed by atoms with Gasteiger partial charge in [-0.3, -0.25) is 19.7 Å². The number of nitrogens with zero attached hydrogens (tertiary/aromatic N) is 2. The van der Waals surface area contributed by atoms with Crippen LogP contribution in [0.2, 0.25) is 5.02 Å². The van der Waals surface area contributed by atoms with Gasteiger partial charge in [0.05, 0.1) is 11.1 Å². The summed E-state index contributed by atoms with van der Waals surface area (Å²) in [5.41, 5.74) is 5.02. The zero-order valence-corrected chi connectivity index (χ0v) is 19.6. The average Bonchev–Trinajstić information content (AvgIpc) is 2.80. The molecule has 3 rings (SSSR count). The molecule has 0 aromatic heterocycles. The molecular formula is C25H23ClN4O4. The molecule has 174 valence electrons. The second-order valence-electron chi connectivity index (χ2n) is 8.52. The van der Waals surface area contributed by atoms with Gasteiger partial charge in [-0.25, -0.2) is 5.43 Å². The molecule has 0 spiro atoms. The summed E-state index contributed by atoms with van der Waals surface area (Å²) in [5, 5.41) is 17.7. The summed E-state index contributed by atoms with van der Waals surface area (Å²) in [4.78, 5) is 35.1. The lowest BCUT2D eigenvalue weighted by atomic mass is 9.87. The maximum Gasteiger partial charge on any atom is 0.271 e. The van der Waals surface area contributed by atoms with E-state index < -0.39 is 10.8 Å². The SMILES string of the molecule is CC(C)(C)c1ccc(C(=O)Nc2ccc(C(=O)N/N=C/c3cc([N+](=O)[O-])ccc3Cl)cc2)cc1. The Balaban J connectivity index is 1.60. The molecule has 0 aliphatic rings. The van der Waals surface area contributed by atoms with E-state index in [1.165, 1.54) is 24.4 Å². The fourth-order valence-electron chi connectivity index (χ4n) is 3.00. The first kappa shape index (κ1) is 24.6. The highest BCUT2D eigenvalue weighted by Crippen LogP contribution is 2.23. The molecule has 0 aliphatic heterocycles. The molecule has 0 atom stereocenters.